The molecule has 0 atom stereocenters. The SMILES string of the molecule is CC(C)c1ccnc(-c2[c-]cc3sc4ccc(-c5ccccc5)cc4c3c2)c1.[CH3][Ge]([CH3])([CH3])[c]1ccc(-c2[c-]cccc2)nc1.[Ir]. The van der Waals surface area contributed by atoms with Crippen molar-refractivity contribution < 1.29 is 20.1 Å². The van der Waals surface area contributed by atoms with Crippen molar-refractivity contribution >= 4 is 49.2 Å². The molecular formula is C40H36GeIrN2S-2. The van der Waals surface area contributed by atoms with Crippen LogP contribution in [-0.4, -0.2) is 23.2 Å². The summed E-state index contributed by atoms with van der Waals surface area (Å²) in [6.45, 7) is 4.42. The first-order valence-electron chi connectivity index (χ1n) is 15.1. The summed E-state index contributed by atoms with van der Waals surface area (Å²) in [6.07, 6.45) is 3.94. The van der Waals surface area contributed by atoms with Gasteiger partial charge in [0.1, 0.15) is 0 Å². The van der Waals surface area contributed by atoms with Crippen molar-refractivity contribution in [3.8, 4) is 33.6 Å². The van der Waals surface area contributed by atoms with Crippen LogP contribution in [0.25, 0.3) is 53.8 Å². The molecule has 0 fully saturated rings. The molecule has 5 heteroatoms. The number of aromatic nitrogens is 2. The Morgan fingerprint density at radius 2 is 1.44 bits per heavy atom. The van der Waals surface area contributed by atoms with E-state index in [-0.39, 0.29) is 20.1 Å². The number of rotatable bonds is 5. The molecule has 7 rings (SSSR count). The van der Waals surface area contributed by atoms with Crippen LogP contribution in [-0.2, 0) is 20.1 Å². The summed E-state index contributed by atoms with van der Waals surface area (Å²) in [5, 5.41) is 2.58. The Morgan fingerprint density at radius 3 is 2.13 bits per heavy atom. The van der Waals surface area contributed by atoms with E-state index >= 15 is 0 Å². The zero-order valence-electron chi connectivity index (χ0n) is 26.3. The largest absolute Gasteiger partial charge is 0 e. The minimum absolute atomic E-state index is 0. The fraction of sp³-hybridized carbons (Fsp3) is 0.150. The number of hydrogen-bond donors (Lipinski definition) is 0. The van der Waals surface area contributed by atoms with E-state index in [1.807, 2.05) is 48.0 Å². The van der Waals surface area contributed by atoms with Crippen LogP contribution in [0.1, 0.15) is 25.3 Å². The summed E-state index contributed by atoms with van der Waals surface area (Å²) in [4.78, 5) is 9.13. The van der Waals surface area contributed by atoms with E-state index < -0.39 is 13.3 Å². The van der Waals surface area contributed by atoms with Crippen molar-refractivity contribution in [2.45, 2.75) is 37.0 Å². The molecule has 0 aliphatic heterocycles. The number of nitrogens with zero attached hydrogens (tertiary/aromatic N) is 2. The third-order valence-electron chi connectivity index (χ3n) is 7.85. The molecule has 0 N–H and O–H groups in total. The molecule has 0 amide bonds. The van der Waals surface area contributed by atoms with Gasteiger partial charge < -0.3 is 4.98 Å². The van der Waals surface area contributed by atoms with Gasteiger partial charge in [-0.15, -0.1) is 23.8 Å². The van der Waals surface area contributed by atoms with Gasteiger partial charge >= 0.3 is 99.8 Å². The van der Waals surface area contributed by atoms with Gasteiger partial charge in [0.2, 0.25) is 0 Å². The van der Waals surface area contributed by atoms with Crippen molar-refractivity contribution in [3.63, 3.8) is 0 Å². The molecule has 0 aliphatic rings. The summed E-state index contributed by atoms with van der Waals surface area (Å²) < 4.78 is 4.02. The number of benzene rings is 4. The third-order valence-corrected chi connectivity index (χ3v) is 13.2. The average molecular weight is 842 g/mol. The van der Waals surface area contributed by atoms with Crippen LogP contribution in [0.3, 0.4) is 0 Å². The van der Waals surface area contributed by atoms with Crippen molar-refractivity contribution in [2.24, 2.45) is 0 Å². The molecule has 0 spiro atoms. The fourth-order valence-corrected chi connectivity index (χ4v) is 8.40. The molecule has 3 aromatic heterocycles. The van der Waals surface area contributed by atoms with Crippen LogP contribution in [0.2, 0.25) is 17.3 Å². The van der Waals surface area contributed by atoms with Crippen molar-refractivity contribution in [1.29, 1.82) is 0 Å². The fourth-order valence-electron chi connectivity index (χ4n) is 5.18. The summed E-state index contributed by atoms with van der Waals surface area (Å²) in [5.41, 5.74) is 7.93. The number of fused-ring (bicyclic) bond motifs is 3. The minimum Gasteiger partial charge on any atom is 0 e. The quantitative estimate of drug-likeness (QED) is 0.127. The molecule has 0 saturated heterocycles. The van der Waals surface area contributed by atoms with Crippen LogP contribution >= 0.6 is 11.3 Å². The summed E-state index contributed by atoms with van der Waals surface area (Å²) in [7, 11) is 0. The van der Waals surface area contributed by atoms with E-state index in [0.29, 0.717) is 5.92 Å². The molecule has 2 nitrogen and oxygen atoms in total. The van der Waals surface area contributed by atoms with Gasteiger partial charge in [0.25, 0.3) is 0 Å². The van der Waals surface area contributed by atoms with E-state index in [0.717, 1.165) is 22.5 Å². The second-order valence-electron chi connectivity index (χ2n) is 12.4. The topological polar surface area (TPSA) is 25.8 Å². The smallest absolute Gasteiger partial charge is 0 e. The zero-order chi connectivity index (χ0) is 30.7. The van der Waals surface area contributed by atoms with Gasteiger partial charge in [-0.25, -0.2) is 0 Å². The molecule has 0 unspecified atom stereocenters. The summed E-state index contributed by atoms with van der Waals surface area (Å²) in [5.74, 6) is 7.63. The molecule has 1 radical (unpaired) electrons. The van der Waals surface area contributed by atoms with Crippen molar-refractivity contribution in [3.05, 3.63) is 139 Å². The molecular weight excluding hydrogens is 805 g/mol. The van der Waals surface area contributed by atoms with Crippen LogP contribution in [0.5, 0.6) is 0 Å². The number of hydrogen-bond acceptors (Lipinski definition) is 3. The van der Waals surface area contributed by atoms with Crippen molar-refractivity contribution in [1.82, 2.24) is 9.97 Å². The van der Waals surface area contributed by atoms with Crippen LogP contribution < -0.4 is 4.40 Å². The van der Waals surface area contributed by atoms with Crippen LogP contribution in [0.4, 0.5) is 0 Å². The van der Waals surface area contributed by atoms with Crippen LogP contribution in [0, 0.1) is 12.1 Å². The van der Waals surface area contributed by atoms with E-state index in [2.05, 4.69) is 138 Å². The van der Waals surface area contributed by atoms with Gasteiger partial charge in [0.15, 0.2) is 0 Å². The Hall–Kier alpha value is -3.41. The van der Waals surface area contributed by atoms with E-state index in [1.165, 1.54) is 41.3 Å². The molecule has 227 valence electrons. The standard InChI is InChI=1S/C26H20NS.C14H16GeN.Ir/c1-17(2)19-12-13-27-24(16-19)21-9-11-26-23(15-21)22-14-20(8-10-25(22)28-26)18-6-4-3-5-7-18;1-15(2,3)13-9-10-14(16-11-13)12-7-5-4-6-8-12;/h3-8,10-17H,1-2H3;4-7,9-11H,1-3H3;/q2*-1;. The van der Waals surface area contributed by atoms with Crippen molar-refractivity contribution in [2.75, 3.05) is 0 Å². The second-order valence-corrected chi connectivity index (χ2v) is 24.1. The Kier molecular flexibility index (Phi) is 10.5. The van der Waals surface area contributed by atoms with Gasteiger partial charge in [-0.3, -0.25) is 0 Å². The third kappa shape index (κ3) is 7.70. The monoisotopic (exact) mass is 843 g/mol. The second kappa shape index (κ2) is 14.3. The first kappa shape index (κ1) is 33.0. The predicted octanol–water partition coefficient (Wildman–Crippen LogP) is 10.8. The van der Waals surface area contributed by atoms with E-state index in [4.69, 9.17) is 0 Å². The van der Waals surface area contributed by atoms with Gasteiger partial charge in [0, 0.05) is 31.0 Å². The van der Waals surface area contributed by atoms with Gasteiger partial charge in [-0.2, -0.15) is 11.3 Å². The Bertz CT molecular complexity index is 2010. The van der Waals surface area contributed by atoms with E-state index in [9.17, 15) is 0 Å². The van der Waals surface area contributed by atoms with Crippen LogP contribution in [0.15, 0.2) is 122 Å². The Morgan fingerprint density at radius 1 is 0.667 bits per heavy atom. The molecule has 0 bridgehead atoms. The van der Waals surface area contributed by atoms with Gasteiger partial charge in [-0.1, -0.05) is 67.3 Å². The van der Waals surface area contributed by atoms with Gasteiger partial charge in [0.05, 0.1) is 0 Å². The normalized spacial score (nSPS) is 11.2. The Balaban J connectivity index is 0.000000202. The maximum absolute atomic E-state index is 4.60. The summed E-state index contributed by atoms with van der Waals surface area (Å²) in [6, 6.07) is 44.9. The minimum atomic E-state index is -1.72. The van der Waals surface area contributed by atoms with E-state index in [1.54, 1.807) is 0 Å². The first-order valence-corrected chi connectivity index (χ1v) is 23.3. The molecule has 7 aromatic rings. The molecule has 45 heavy (non-hydrogen) atoms. The number of thiophene rings is 1. The Labute approximate surface area is 287 Å². The number of pyridine rings is 2. The molecule has 0 saturated carbocycles. The maximum Gasteiger partial charge on any atom is 0 e. The molecule has 4 aromatic carbocycles. The zero-order valence-corrected chi connectivity index (χ0v) is 31.6. The summed E-state index contributed by atoms with van der Waals surface area (Å²) >= 11 is 0.110. The molecule has 3 heterocycles. The average Bonchev–Trinajstić information content (AvgIpc) is 3.43. The molecule has 0 aliphatic carbocycles. The first-order chi connectivity index (χ1) is 21.3. The maximum atomic E-state index is 4.60. The van der Waals surface area contributed by atoms with Gasteiger partial charge in [-0.05, 0) is 51.0 Å². The predicted molar refractivity (Wildman–Crippen MR) is 192 cm³/mol.